The van der Waals surface area contributed by atoms with Crippen LogP contribution in [0.15, 0.2) is 24.8 Å². The summed E-state index contributed by atoms with van der Waals surface area (Å²) in [5, 5.41) is 15.2. The maximum absolute atomic E-state index is 11.1. The highest BCUT2D eigenvalue weighted by molar-refractivity contribution is 7.16. The maximum Gasteiger partial charge on any atom is 0.137 e. The molecule has 0 spiro atoms. The van der Waals surface area contributed by atoms with E-state index in [0.29, 0.717) is 4.34 Å². The van der Waals surface area contributed by atoms with Crippen molar-refractivity contribution in [1.29, 1.82) is 0 Å². The molecule has 6 heteroatoms. The molecule has 1 N–H and O–H groups in total. The van der Waals surface area contributed by atoms with Gasteiger partial charge in [0.25, 0.3) is 0 Å². The van der Waals surface area contributed by atoms with Crippen molar-refractivity contribution in [3.63, 3.8) is 0 Å². The molecule has 0 saturated heterocycles. The van der Waals surface area contributed by atoms with Gasteiger partial charge in [-0.1, -0.05) is 24.4 Å². The second kappa shape index (κ2) is 4.64. The average molecular weight is 284 g/mol. The summed E-state index contributed by atoms with van der Waals surface area (Å²) in [6, 6.07) is 3.71. The normalized spacial score (nSPS) is 28.4. The molecule has 1 aliphatic rings. The first kappa shape index (κ1) is 12.1. The van der Waals surface area contributed by atoms with Crippen LogP contribution in [0.4, 0.5) is 0 Å². The van der Waals surface area contributed by atoms with Crippen molar-refractivity contribution in [3.8, 4) is 0 Å². The lowest BCUT2D eigenvalue weighted by Gasteiger charge is -2.39. The van der Waals surface area contributed by atoms with Crippen molar-refractivity contribution < 1.29 is 5.11 Å². The molecule has 4 nitrogen and oxygen atoms in total. The first-order chi connectivity index (χ1) is 8.70. The highest BCUT2D eigenvalue weighted by atomic mass is 35.5. The van der Waals surface area contributed by atoms with E-state index >= 15 is 0 Å². The minimum absolute atomic E-state index is 0.0523. The molecule has 2 atom stereocenters. The summed E-state index contributed by atoms with van der Waals surface area (Å²) in [6.45, 7) is 0. The van der Waals surface area contributed by atoms with E-state index in [1.165, 1.54) is 17.7 Å². The molecule has 3 rings (SSSR count). The van der Waals surface area contributed by atoms with E-state index in [2.05, 4.69) is 10.1 Å². The van der Waals surface area contributed by atoms with Crippen LogP contribution in [0.2, 0.25) is 4.34 Å². The molecular formula is C12H14ClN3OS. The number of hydrogen-bond acceptors (Lipinski definition) is 4. The molecule has 96 valence electrons. The lowest BCUT2D eigenvalue weighted by atomic mass is 9.79. The zero-order chi connectivity index (χ0) is 12.6. The second-order valence-corrected chi connectivity index (χ2v) is 6.38. The Balaban J connectivity index is 2.01. The fraction of sp³-hybridized carbons (Fsp3) is 0.500. The number of aliphatic hydroxyl groups is 1. The van der Waals surface area contributed by atoms with E-state index in [4.69, 9.17) is 11.6 Å². The van der Waals surface area contributed by atoms with Crippen molar-refractivity contribution in [1.82, 2.24) is 14.8 Å². The van der Waals surface area contributed by atoms with Crippen LogP contribution in [0.1, 0.15) is 36.6 Å². The monoisotopic (exact) mass is 283 g/mol. The molecule has 1 fully saturated rings. The van der Waals surface area contributed by atoms with Gasteiger partial charge in [-0.2, -0.15) is 5.10 Å². The molecule has 2 unspecified atom stereocenters. The Morgan fingerprint density at radius 1 is 1.44 bits per heavy atom. The van der Waals surface area contributed by atoms with Gasteiger partial charge in [0.15, 0.2) is 0 Å². The predicted molar refractivity (Wildman–Crippen MR) is 70.8 cm³/mol. The third kappa shape index (κ3) is 1.96. The summed E-state index contributed by atoms with van der Waals surface area (Å²) < 4.78 is 2.48. The average Bonchev–Trinajstić information content (AvgIpc) is 3.00. The zero-order valence-corrected chi connectivity index (χ0v) is 11.4. The number of aromatic nitrogens is 3. The van der Waals surface area contributed by atoms with Crippen LogP contribution in [0, 0.1) is 0 Å². The SMILES string of the molecule is OC1(c2ccc(Cl)s2)CCCCC1n1cncn1. The molecule has 2 heterocycles. The van der Waals surface area contributed by atoms with Crippen molar-refractivity contribution in [2.75, 3.05) is 0 Å². The van der Waals surface area contributed by atoms with Crippen LogP contribution >= 0.6 is 22.9 Å². The molecule has 0 aliphatic heterocycles. The van der Waals surface area contributed by atoms with Gasteiger partial charge in [-0.15, -0.1) is 11.3 Å². The van der Waals surface area contributed by atoms with Gasteiger partial charge in [-0.3, -0.25) is 0 Å². The molecule has 2 aromatic heterocycles. The predicted octanol–water partition coefficient (Wildman–Crippen LogP) is 3.00. The quantitative estimate of drug-likeness (QED) is 0.922. The van der Waals surface area contributed by atoms with Gasteiger partial charge in [0, 0.05) is 4.88 Å². The number of nitrogens with zero attached hydrogens (tertiary/aromatic N) is 3. The molecule has 18 heavy (non-hydrogen) atoms. The Kier molecular flexibility index (Phi) is 3.13. The fourth-order valence-electron chi connectivity index (χ4n) is 2.70. The number of rotatable bonds is 2. The molecule has 0 bridgehead atoms. The van der Waals surface area contributed by atoms with Crippen LogP contribution in [-0.4, -0.2) is 19.9 Å². The molecule has 1 saturated carbocycles. The molecule has 0 amide bonds. The third-order valence-electron chi connectivity index (χ3n) is 3.59. The van der Waals surface area contributed by atoms with Gasteiger partial charge < -0.3 is 5.11 Å². The topological polar surface area (TPSA) is 50.9 Å². The van der Waals surface area contributed by atoms with Crippen LogP contribution in [0.3, 0.4) is 0 Å². The number of thiophene rings is 1. The Bertz CT molecular complexity index is 527. The van der Waals surface area contributed by atoms with Gasteiger partial charge in [-0.05, 0) is 25.0 Å². The van der Waals surface area contributed by atoms with E-state index in [9.17, 15) is 5.11 Å². The van der Waals surface area contributed by atoms with Crippen LogP contribution in [-0.2, 0) is 5.60 Å². The fourth-order valence-corrected chi connectivity index (χ4v) is 3.91. The Morgan fingerprint density at radius 3 is 3.00 bits per heavy atom. The van der Waals surface area contributed by atoms with Gasteiger partial charge in [0.2, 0.25) is 0 Å². The molecule has 1 aliphatic carbocycles. The van der Waals surface area contributed by atoms with E-state index in [0.717, 1.165) is 30.6 Å². The van der Waals surface area contributed by atoms with Crippen molar-refractivity contribution in [2.24, 2.45) is 0 Å². The van der Waals surface area contributed by atoms with E-state index in [1.54, 1.807) is 11.0 Å². The van der Waals surface area contributed by atoms with Crippen molar-refractivity contribution >= 4 is 22.9 Å². The lowest BCUT2D eigenvalue weighted by molar-refractivity contribution is -0.0486. The summed E-state index contributed by atoms with van der Waals surface area (Å²) in [5.41, 5.74) is -0.871. The summed E-state index contributed by atoms with van der Waals surface area (Å²) in [4.78, 5) is 4.90. The second-order valence-electron chi connectivity index (χ2n) is 4.67. The molecular weight excluding hydrogens is 270 g/mol. The highest BCUT2D eigenvalue weighted by Crippen LogP contribution is 2.46. The Morgan fingerprint density at radius 2 is 2.33 bits per heavy atom. The highest BCUT2D eigenvalue weighted by Gasteiger charge is 2.43. The number of halogens is 1. The first-order valence-corrected chi connectivity index (χ1v) is 7.22. The summed E-state index contributed by atoms with van der Waals surface area (Å²) in [7, 11) is 0. The van der Waals surface area contributed by atoms with Crippen molar-refractivity contribution in [2.45, 2.75) is 37.3 Å². The zero-order valence-electron chi connectivity index (χ0n) is 9.79. The van der Waals surface area contributed by atoms with Gasteiger partial charge in [0.1, 0.15) is 18.3 Å². The Labute approximate surface area is 114 Å². The van der Waals surface area contributed by atoms with Gasteiger partial charge in [0.05, 0.1) is 10.4 Å². The maximum atomic E-state index is 11.1. The van der Waals surface area contributed by atoms with Crippen LogP contribution in [0.25, 0.3) is 0 Å². The smallest absolute Gasteiger partial charge is 0.137 e. The minimum atomic E-state index is -0.871. The largest absolute Gasteiger partial charge is 0.382 e. The van der Waals surface area contributed by atoms with Gasteiger partial charge in [-0.25, -0.2) is 9.67 Å². The molecule has 2 aromatic rings. The minimum Gasteiger partial charge on any atom is -0.382 e. The van der Waals surface area contributed by atoms with Gasteiger partial charge >= 0.3 is 0 Å². The summed E-state index contributed by atoms with van der Waals surface area (Å²) in [5.74, 6) is 0. The summed E-state index contributed by atoms with van der Waals surface area (Å²) >= 11 is 7.43. The van der Waals surface area contributed by atoms with E-state index < -0.39 is 5.60 Å². The van der Waals surface area contributed by atoms with E-state index in [1.807, 2.05) is 12.1 Å². The van der Waals surface area contributed by atoms with Crippen molar-refractivity contribution in [3.05, 3.63) is 34.0 Å². The Hall–Kier alpha value is -0.910. The first-order valence-electron chi connectivity index (χ1n) is 6.02. The van der Waals surface area contributed by atoms with E-state index in [-0.39, 0.29) is 6.04 Å². The third-order valence-corrected chi connectivity index (χ3v) is 4.99. The number of hydrogen-bond donors (Lipinski definition) is 1. The van der Waals surface area contributed by atoms with Crippen LogP contribution < -0.4 is 0 Å². The molecule has 0 aromatic carbocycles. The standard InChI is InChI=1S/C12H14ClN3OS/c13-11-5-4-10(18-11)12(17)6-2-1-3-9(12)16-8-14-7-15-16/h4-5,7-9,17H,1-3,6H2. The summed E-state index contributed by atoms with van der Waals surface area (Å²) in [6.07, 6.45) is 6.97. The molecule has 0 radical (unpaired) electrons. The lowest BCUT2D eigenvalue weighted by Crippen LogP contribution is -2.39. The van der Waals surface area contributed by atoms with Crippen LogP contribution in [0.5, 0.6) is 0 Å².